The SMILES string of the molecule is C[C@@H](N)CCC1(C)CCOCC1. The van der Waals surface area contributed by atoms with Crippen LogP contribution in [0.3, 0.4) is 0 Å². The summed E-state index contributed by atoms with van der Waals surface area (Å²) in [6, 6.07) is 0.352. The number of hydrogen-bond acceptors (Lipinski definition) is 2. The van der Waals surface area contributed by atoms with Crippen LogP contribution in [0.1, 0.15) is 39.5 Å². The van der Waals surface area contributed by atoms with Gasteiger partial charge in [-0.1, -0.05) is 6.92 Å². The molecule has 1 saturated heterocycles. The van der Waals surface area contributed by atoms with Crippen LogP contribution in [-0.4, -0.2) is 19.3 Å². The molecular weight excluding hydrogens is 150 g/mol. The highest BCUT2D eigenvalue weighted by Crippen LogP contribution is 2.34. The van der Waals surface area contributed by atoms with Crippen LogP contribution in [0, 0.1) is 5.41 Å². The van der Waals surface area contributed by atoms with Gasteiger partial charge in [-0.25, -0.2) is 0 Å². The number of hydrogen-bond donors (Lipinski definition) is 1. The minimum Gasteiger partial charge on any atom is -0.381 e. The molecule has 0 radical (unpaired) electrons. The van der Waals surface area contributed by atoms with Crippen molar-refractivity contribution in [3.63, 3.8) is 0 Å². The topological polar surface area (TPSA) is 35.2 Å². The molecule has 2 nitrogen and oxygen atoms in total. The first-order valence-electron chi connectivity index (χ1n) is 4.96. The molecule has 0 spiro atoms. The maximum absolute atomic E-state index is 5.74. The van der Waals surface area contributed by atoms with Crippen LogP contribution in [0.5, 0.6) is 0 Å². The van der Waals surface area contributed by atoms with Gasteiger partial charge < -0.3 is 10.5 Å². The maximum atomic E-state index is 5.74. The molecule has 1 fully saturated rings. The molecule has 0 bridgehead atoms. The van der Waals surface area contributed by atoms with Crippen LogP contribution in [0.15, 0.2) is 0 Å². The zero-order valence-corrected chi connectivity index (χ0v) is 8.31. The lowest BCUT2D eigenvalue weighted by molar-refractivity contribution is 0.0182. The minimum atomic E-state index is 0.352. The third-order valence-electron chi connectivity index (χ3n) is 2.90. The van der Waals surface area contributed by atoms with Gasteiger partial charge in [0.1, 0.15) is 0 Å². The molecule has 0 aliphatic carbocycles. The van der Waals surface area contributed by atoms with E-state index >= 15 is 0 Å². The van der Waals surface area contributed by atoms with Gasteiger partial charge in [0.25, 0.3) is 0 Å². The molecule has 0 aromatic carbocycles. The van der Waals surface area contributed by atoms with E-state index in [9.17, 15) is 0 Å². The Balaban J connectivity index is 2.26. The highest BCUT2D eigenvalue weighted by Gasteiger charge is 2.26. The van der Waals surface area contributed by atoms with Crippen molar-refractivity contribution in [2.45, 2.75) is 45.6 Å². The van der Waals surface area contributed by atoms with Crippen LogP contribution in [0.4, 0.5) is 0 Å². The first-order chi connectivity index (χ1) is 5.62. The summed E-state index contributed by atoms with van der Waals surface area (Å²) in [5.74, 6) is 0. The van der Waals surface area contributed by atoms with Gasteiger partial charge in [0.05, 0.1) is 0 Å². The second kappa shape index (κ2) is 4.24. The van der Waals surface area contributed by atoms with E-state index in [1.807, 2.05) is 0 Å². The third kappa shape index (κ3) is 3.11. The maximum Gasteiger partial charge on any atom is 0.0471 e. The van der Waals surface area contributed by atoms with E-state index < -0.39 is 0 Å². The van der Waals surface area contributed by atoms with Gasteiger partial charge >= 0.3 is 0 Å². The van der Waals surface area contributed by atoms with E-state index in [1.54, 1.807) is 0 Å². The Morgan fingerprint density at radius 2 is 2.00 bits per heavy atom. The molecule has 0 aromatic rings. The molecule has 1 heterocycles. The zero-order valence-electron chi connectivity index (χ0n) is 8.31. The Morgan fingerprint density at radius 3 is 2.50 bits per heavy atom. The van der Waals surface area contributed by atoms with Crippen molar-refractivity contribution in [1.29, 1.82) is 0 Å². The van der Waals surface area contributed by atoms with E-state index in [0.29, 0.717) is 11.5 Å². The summed E-state index contributed by atoms with van der Waals surface area (Å²) >= 11 is 0. The lowest BCUT2D eigenvalue weighted by Gasteiger charge is -2.34. The van der Waals surface area contributed by atoms with Gasteiger partial charge in [-0.3, -0.25) is 0 Å². The van der Waals surface area contributed by atoms with Crippen molar-refractivity contribution in [2.24, 2.45) is 11.1 Å². The lowest BCUT2D eigenvalue weighted by atomic mass is 9.78. The molecule has 2 N–H and O–H groups in total. The normalized spacial score (nSPS) is 25.2. The molecular formula is C10H21NO. The molecule has 2 heteroatoms. The van der Waals surface area contributed by atoms with Crippen LogP contribution in [-0.2, 0) is 4.74 Å². The fourth-order valence-corrected chi connectivity index (χ4v) is 1.69. The summed E-state index contributed by atoms with van der Waals surface area (Å²) in [5.41, 5.74) is 6.24. The molecule has 0 aromatic heterocycles. The molecule has 1 aliphatic heterocycles. The minimum absolute atomic E-state index is 0.352. The van der Waals surface area contributed by atoms with Gasteiger partial charge in [-0.05, 0) is 38.0 Å². The first-order valence-corrected chi connectivity index (χ1v) is 4.96. The largest absolute Gasteiger partial charge is 0.381 e. The molecule has 0 amide bonds. The Hall–Kier alpha value is -0.0800. The number of ether oxygens (including phenoxy) is 1. The summed E-state index contributed by atoms with van der Waals surface area (Å²) in [7, 11) is 0. The van der Waals surface area contributed by atoms with Crippen LogP contribution in [0.2, 0.25) is 0 Å². The Labute approximate surface area is 75.5 Å². The van der Waals surface area contributed by atoms with E-state index in [2.05, 4.69) is 13.8 Å². The number of nitrogens with two attached hydrogens (primary N) is 1. The van der Waals surface area contributed by atoms with Gasteiger partial charge in [-0.2, -0.15) is 0 Å². The monoisotopic (exact) mass is 171 g/mol. The summed E-state index contributed by atoms with van der Waals surface area (Å²) in [5, 5.41) is 0. The van der Waals surface area contributed by atoms with Crippen LogP contribution >= 0.6 is 0 Å². The molecule has 12 heavy (non-hydrogen) atoms. The van der Waals surface area contributed by atoms with E-state index in [1.165, 1.54) is 19.3 Å². The van der Waals surface area contributed by atoms with Gasteiger partial charge in [0.15, 0.2) is 0 Å². The predicted molar refractivity (Wildman–Crippen MR) is 51.0 cm³/mol. The van der Waals surface area contributed by atoms with Crippen LogP contribution < -0.4 is 5.73 Å². The van der Waals surface area contributed by atoms with Crippen molar-refractivity contribution in [3.05, 3.63) is 0 Å². The highest BCUT2D eigenvalue weighted by molar-refractivity contribution is 4.78. The first kappa shape index (κ1) is 10.0. The van der Waals surface area contributed by atoms with E-state index in [-0.39, 0.29) is 0 Å². The zero-order chi connectivity index (χ0) is 9.03. The Bertz CT molecular complexity index is 128. The second-order valence-corrected chi connectivity index (χ2v) is 4.44. The van der Waals surface area contributed by atoms with Gasteiger partial charge in [0, 0.05) is 19.3 Å². The van der Waals surface area contributed by atoms with Crippen molar-refractivity contribution < 1.29 is 4.74 Å². The quantitative estimate of drug-likeness (QED) is 0.704. The highest BCUT2D eigenvalue weighted by atomic mass is 16.5. The standard InChI is InChI=1S/C10H21NO/c1-9(11)3-4-10(2)5-7-12-8-6-10/h9H,3-8,11H2,1-2H3/t9-/m1/s1. The summed E-state index contributed by atoms with van der Waals surface area (Å²) in [6.07, 6.45) is 4.82. The van der Waals surface area contributed by atoms with Crippen LogP contribution in [0.25, 0.3) is 0 Å². The van der Waals surface area contributed by atoms with E-state index in [4.69, 9.17) is 10.5 Å². The van der Waals surface area contributed by atoms with Crippen molar-refractivity contribution in [3.8, 4) is 0 Å². The average molecular weight is 171 g/mol. The summed E-state index contributed by atoms with van der Waals surface area (Å²) < 4.78 is 5.34. The van der Waals surface area contributed by atoms with Gasteiger partial charge in [0.2, 0.25) is 0 Å². The Kier molecular flexibility index (Phi) is 3.53. The average Bonchev–Trinajstić information content (AvgIpc) is 2.03. The molecule has 0 unspecified atom stereocenters. The lowest BCUT2D eigenvalue weighted by Crippen LogP contribution is -2.28. The molecule has 1 aliphatic rings. The van der Waals surface area contributed by atoms with Crippen molar-refractivity contribution in [1.82, 2.24) is 0 Å². The second-order valence-electron chi connectivity index (χ2n) is 4.44. The fraction of sp³-hybridized carbons (Fsp3) is 1.00. The third-order valence-corrected chi connectivity index (χ3v) is 2.90. The molecule has 1 rings (SSSR count). The smallest absolute Gasteiger partial charge is 0.0471 e. The van der Waals surface area contributed by atoms with Gasteiger partial charge in [-0.15, -0.1) is 0 Å². The van der Waals surface area contributed by atoms with Crippen molar-refractivity contribution >= 4 is 0 Å². The molecule has 72 valence electrons. The Morgan fingerprint density at radius 1 is 1.42 bits per heavy atom. The number of rotatable bonds is 3. The van der Waals surface area contributed by atoms with E-state index in [0.717, 1.165) is 19.6 Å². The fourth-order valence-electron chi connectivity index (χ4n) is 1.69. The van der Waals surface area contributed by atoms with Crippen molar-refractivity contribution in [2.75, 3.05) is 13.2 Å². The summed E-state index contributed by atoms with van der Waals surface area (Å²) in [6.45, 7) is 6.32. The molecule has 1 atom stereocenters. The predicted octanol–water partition coefficient (Wildman–Crippen LogP) is 1.93. The molecule has 0 saturated carbocycles. The summed E-state index contributed by atoms with van der Waals surface area (Å²) in [4.78, 5) is 0.